The van der Waals surface area contributed by atoms with Crippen LogP contribution in [0.15, 0.2) is 12.2 Å². The van der Waals surface area contributed by atoms with Crippen molar-refractivity contribution < 1.29 is 76.3 Å². The summed E-state index contributed by atoms with van der Waals surface area (Å²) in [5.74, 6) is -5.12. The summed E-state index contributed by atoms with van der Waals surface area (Å²) >= 11 is 0. The summed E-state index contributed by atoms with van der Waals surface area (Å²) in [7, 11) is 0. The first kappa shape index (κ1) is 73.4. The SMILES string of the molecule is CCCCCCCCCCCCCCCCCCCCC(OC(C)=O)C(=O)NC(CO[C@H]1O[C@H](COC(C)=O)[C@@H](OC(C)=O)[C@H](OC(C)=O)[C@H]1NC(C)=O)C(OC(C)=O)C(C/C=C/CCCCCCCCCCC(C)C)OC(C)=O. The van der Waals surface area contributed by atoms with E-state index in [1.807, 2.05) is 12.2 Å². The first-order chi connectivity index (χ1) is 38.2. The second-order valence-corrected chi connectivity index (χ2v) is 22.3. The number of unbranched alkanes of at least 4 members (excludes halogenated alkanes) is 25. The molecule has 1 rings (SSSR count). The maximum atomic E-state index is 14.5. The number of nitrogens with one attached hydrogen (secondary N) is 2. The van der Waals surface area contributed by atoms with Crippen LogP contribution in [0.5, 0.6) is 0 Å². The predicted octanol–water partition coefficient (Wildman–Crippen LogP) is 11.9. The Morgan fingerprint density at radius 1 is 0.512 bits per heavy atom. The molecule has 0 aromatic heterocycles. The Morgan fingerprint density at radius 2 is 0.975 bits per heavy atom. The fourth-order valence-corrected chi connectivity index (χ4v) is 10.1. The Hall–Kier alpha value is -4.58. The van der Waals surface area contributed by atoms with Gasteiger partial charge in [-0.25, -0.2) is 0 Å². The molecule has 1 heterocycles. The molecule has 2 amide bonds. The van der Waals surface area contributed by atoms with Gasteiger partial charge in [-0.1, -0.05) is 193 Å². The minimum absolute atomic E-state index is 0.0600. The number of allylic oxidation sites excluding steroid dienone is 1. The maximum Gasteiger partial charge on any atom is 0.303 e. The zero-order valence-electron chi connectivity index (χ0n) is 51.1. The molecule has 4 unspecified atom stereocenters. The predicted molar refractivity (Wildman–Crippen MR) is 307 cm³/mol. The van der Waals surface area contributed by atoms with Crippen LogP contribution in [0.4, 0.5) is 0 Å². The zero-order chi connectivity index (χ0) is 59.5. The van der Waals surface area contributed by atoms with Gasteiger partial charge < -0.3 is 48.5 Å². The minimum atomic E-state index is -1.58. The third-order valence-electron chi connectivity index (χ3n) is 14.1. The summed E-state index contributed by atoms with van der Waals surface area (Å²) in [4.78, 5) is 103. The van der Waals surface area contributed by atoms with Crippen LogP contribution in [-0.4, -0.2) is 116 Å². The van der Waals surface area contributed by atoms with Gasteiger partial charge in [-0.05, 0) is 31.6 Å². The molecule has 462 valence electrons. The molecule has 0 aliphatic carbocycles. The molecular weight excluding hydrogens is 1030 g/mol. The van der Waals surface area contributed by atoms with E-state index in [4.69, 9.17) is 37.9 Å². The first-order valence-corrected chi connectivity index (χ1v) is 30.7. The molecule has 0 saturated carbocycles. The number of ether oxygens (including phenoxy) is 8. The molecule has 9 atom stereocenters. The Bertz CT molecular complexity index is 1770. The highest BCUT2D eigenvalue weighted by molar-refractivity contribution is 5.83. The van der Waals surface area contributed by atoms with Crippen LogP contribution < -0.4 is 10.6 Å². The fourth-order valence-electron chi connectivity index (χ4n) is 10.1. The maximum absolute atomic E-state index is 14.5. The molecule has 1 fully saturated rings. The second kappa shape index (κ2) is 46.0. The largest absolute Gasteiger partial charge is 0.463 e. The summed E-state index contributed by atoms with van der Waals surface area (Å²) in [5, 5.41) is 5.52. The van der Waals surface area contributed by atoms with Crippen molar-refractivity contribution in [2.75, 3.05) is 13.2 Å². The lowest BCUT2D eigenvalue weighted by Crippen LogP contribution is -2.67. The Morgan fingerprint density at radius 3 is 1.43 bits per heavy atom. The van der Waals surface area contributed by atoms with E-state index in [2.05, 4.69) is 31.4 Å². The second-order valence-electron chi connectivity index (χ2n) is 22.3. The van der Waals surface area contributed by atoms with Crippen LogP contribution in [0.2, 0.25) is 0 Å². The molecule has 1 aliphatic rings. The van der Waals surface area contributed by atoms with Gasteiger partial charge >= 0.3 is 35.8 Å². The standard InChI is InChI=1S/C62H108N2O16/c1-11-12-13-14-15-16-17-18-19-20-21-22-23-26-30-33-36-39-42-55(76-49(7)68)61(72)64-53(43-74-62-57(63-46(4)65)60(79-52(10)71)59(78-51(9)70)56(80-62)44-73-47(5)66)58(77-50(8)69)54(75-48(6)67)41-38-35-32-29-27-24-25-28-31-34-37-40-45(2)3/h35,38,45,53-60,62H,11-34,36-37,39-44H2,1-10H3,(H,63,65)(H,64,72)/b38-35+/t53?,54?,55?,56-,57-,58?,59-,60-,62+/m1/s1. The van der Waals surface area contributed by atoms with E-state index in [0.717, 1.165) is 85.0 Å². The molecule has 18 nitrogen and oxygen atoms in total. The van der Waals surface area contributed by atoms with Crippen molar-refractivity contribution in [3.63, 3.8) is 0 Å². The van der Waals surface area contributed by atoms with Crippen molar-refractivity contribution in [3.05, 3.63) is 12.2 Å². The van der Waals surface area contributed by atoms with Gasteiger partial charge in [0.1, 0.15) is 24.9 Å². The molecule has 80 heavy (non-hydrogen) atoms. The number of carbonyl (C=O) groups excluding carboxylic acids is 8. The van der Waals surface area contributed by atoms with Crippen LogP contribution in [-0.2, 0) is 76.3 Å². The van der Waals surface area contributed by atoms with E-state index in [1.54, 1.807) is 0 Å². The highest BCUT2D eigenvalue weighted by atomic mass is 16.7. The van der Waals surface area contributed by atoms with Crippen molar-refractivity contribution >= 4 is 47.6 Å². The number of esters is 6. The molecule has 2 N–H and O–H groups in total. The third-order valence-corrected chi connectivity index (χ3v) is 14.1. The molecule has 0 aromatic carbocycles. The van der Waals surface area contributed by atoms with E-state index in [-0.39, 0.29) is 12.8 Å². The van der Waals surface area contributed by atoms with Gasteiger partial charge in [-0.2, -0.15) is 0 Å². The molecular formula is C62H108N2O16. The van der Waals surface area contributed by atoms with Crippen molar-refractivity contribution in [2.45, 2.75) is 317 Å². The van der Waals surface area contributed by atoms with E-state index in [9.17, 15) is 38.4 Å². The van der Waals surface area contributed by atoms with Crippen LogP contribution in [0.1, 0.15) is 262 Å². The van der Waals surface area contributed by atoms with E-state index in [0.29, 0.717) is 6.42 Å². The van der Waals surface area contributed by atoms with Gasteiger partial charge in [0, 0.05) is 54.9 Å². The fraction of sp³-hybridized carbons (Fsp3) is 0.839. The van der Waals surface area contributed by atoms with Crippen molar-refractivity contribution in [3.8, 4) is 0 Å². The highest BCUT2D eigenvalue weighted by Crippen LogP contribution is 2.29. The van der Waals surface area contributed by atoms with Crippen LogP contribution in [0.3, 0.4) is 0 Å². The van der Waals surface area contributed by atoms with Gasteiger partial charge in [0.05, 0.1) is 12.6 Å². The Balaban J connectivity index is 3.39. The normalized spacial score (nSPS) is 18.6. The van der Waals surface area contributed by atoms with E-state index < -0.39 is 116 Å². The smallest absolute Gasteiger partial charge is 0.303 e. The zero-order valence-corrected chi connectivity index (χ0v) is 51.1. The van der Waals surface area contributed by atoms with Crippen LogP contribution in [0, 0.1) is 5.92 Å². The van der Waals surface area contributed by atoms with Gasteiger partial charge in [-0.3, -0.25) is 38.4 Å². The molecule has 18 heteroatoms. The third kappa shape index (κ3) is 37.4. The summed E-state index contributed by atoms with van der Waals surface area (Å²) < 4.78 is 46.4. The van der Waals surface area contributed by atoms with E-state index in [1.165, 1.54) is 143 Å². The lowest BCUT2D eigenvalue weighted by Gasteiger charge is -2.45. The van der Waals surface area contributed by atoms with Crippen molar-refractivity contribution in [1.29, 1.82) is 0 Å². The molecule has 0 bridgehead atoms. The molecule has 1 aliphatic heterocycles. The van der Waals surface area contributed by atoms with Gasteiger partial charge in [0.25, 0.3) is 5.91 Å². The van der Waals surface area contributed by atoms with Gasteiger partial charge in [0.2, 0.25) is 5.91 Å². The summed E-state index contributed by atoms with van der Waals surface area (Å²) in [6.45, 7) is 13.8. The average Bonchev–Trinajstić information content (AvgIpc) is 3.39. The number of hydrogen-bond acceptors (Lipinski definition) is 16. The topological polar surface area (TPSA) is 234 Å². The molecule has 1 saturated heterocycles. The quantitative estimate of drug-likeness (QED) is 0.0249. The van der Waals surface area contributed by atoms with Crippen LogP contribution >= 0.6 is 0 Å². The number of carbonyl (C=O) groups is 8. The summed E-state index contributed by atoms with van der Waals surface area (Å²) in [5.41, 5.74) is 0. The first-order valence-electron chi connectivity index (χ1n) is 30.7. The van der Waals surface area contributed by atoms with Gasteiger partial charge in [0.15, 0.2) is 30.7 Å². The van der Waals surface area contributed by atoms with Crippen molar-refractivity contribution in [1.82, 2.24) is 10.6 Å². The van der Waals surface area contributed by atoms with E-state index >= 15 is 0 Å². The monoisotopic (exact) mass is 1140 g/mol. The molecule has 0 radical (unpaired) electrons. The number of rotatable bonds is 47. The number of amides is 2. The lowest BCUT2D eigenvalue weighted by molar-refractivity contribution is -0.280. The average molecular weight is 1140 g/mol. The number of hydrogen-bond donors (Lipinski definition) is 2. The molecule has 0 aromatic rings. The summed E-state index contributed by atoms with van der Waals surface area (Å²) in [6.07, 6.45) is 27.1. The van der Waals surface area contributed by atoms with Gasteiger partial charge in [-0.15, -0.1) is 0 Å². The Kier molecular flexibility index (Phi) is 42.2. The highest BCUT2D eigenvalue weighted by Gasteiger charge is 2.52. The molecule has 0 spiro atoms. The lowest BCUT2D eigenvalue weighted by atomic mass is 9.95. The Labute approximate surface area is 481 Å². The van der Waals surface area contributed by atoms with Crippen molar-refractivity contribution in [2.24, 2.45) is 5.92 Å². The van der Waals surface area contributed by atoms with Crippen LogP contribution in [0.25, 0.3) is 0 Å². The summed E-state index contributed by atoms with van der Waals surface area (Å²) in [6, 6.07) is -2.74. The minimum Gasteiger partial charge on any atom is -0.463 e.